The summed E-state index contributed by atoms with van der Waals surface area (Å²) in [6, 6.07) is 4.73. The molecule has 0 unspecified atom stereocenters. The molecule has 10 heteroatoms. The summed E-state index contributed by atoms with van der Waals surface area (Å²) in [4.78, 5) is 16.0. The van der Waals surface area contributed by atoms with Crippen LogP contribution in [-0.4, -0.2) is 46.9 Å². The second-order valence-electron chi connectivity index (χ2n) is 10.5. The highest BCUT2D eigenvalue weighted by Crippen LogP contribution is 2.52. The molecular formula is C25H31N9O. The van der Waals surface area contributed by atoms with Gasteiger partial charge in [0.2, 0.25) is 0 Å². The third kappa shape index (κ3) is 3.45. The predicted octanol–water partition coefficient (Wildman–Crippen LogP) is 2.93. The summed E-state index contributed by atoms with van der Waals surface area (Å²) >= 11 is 0. The van der Waals surface area contributed by atoms with E-state index in [2.05, 4.69) is 26.3 Å². The third-order valence-electron chi connectivity index (χ3n) is 8.07. The molecule has 4 aromatic rings. The summed E-state index contributed by atoms with van der Waals surface area (Å²) in [5, 5.41) is 17.0. The second kappa shape index (κ2) is 7.73. The molecule has 35 heavy (non-hydrogen) atoms. The number of nitrogens with zero attached hydrogens (tertiary/aromatic N) is 7. The summed E-state index contributed by atoms with van der Waals surface area (Å²) in [7, 11) is 1.99. The molecule has 5 heterocycles. The highest BCUT2D eigenvalue weighted by Gasteiger charge is 2.43. The van der Waals surface area contributed by atoms with Crippen LogP contribution >= 0.6 is 0 Å². The molecule has 2 aliphatic carbocycles. The Bertz CT molecular complexity index is 1430. The quantitative estimate of drug-likeness (QED) is 0.426. The Hall–Kier alpha value is -3.56. The van der Waals surface area contributed by atoms with E-state index in [1.807, 2.05) is 45.6 Å². The lowest BCUT2D eigenvalue weighted by Gasteiger charge is -2.26. The van der Waals surface area contributed by atoms with E-state index in [-0.39, 0.29) is 17.4 Å². The number of aromatic amines is 1. The van der Waals surface area contributed by atoms with Gasteiger partial charge in [-0.15, -0.1) is 0 Å². The van der Waals surface area contributed by atoms with E-state index in [1.165, 1.54) is 25.7 Å². The minimum absolute atomic E-state index is 0.0335. The van der Waals surface area contributed by atoms with E-state index in [9.17, 15) is 4.79 Å². The Morgan fingerprint density at radius 3 is 2.71 bits per heavy atom. The topological polar surface area (TPSA) is 116 Å². The zero-order valence-corrected chi connectivity index (χ0v) is 20.0. The van der Waals surface area contributed by atoms with Crippen LogP contribution in [-0.2, 0) is 13.6 Å². The average molecular weight is 474 g/mol. The Labute approximate surface area is 202 Å². The van der Waals surface area contributed by atoms with Crippen LogP contribution in [0.1, 0.15) is 44.6 Å². The first-order chi connectivity index (χ1) is 17.1. The summed E-state index contributed by atoms with van der Waals surface area (Å²) in [6.07, 6.45) is 12.9. The third-order valence-corrected chi connectivity index (χ3v) is 8.07. The fraction of sp³-hybridized carbons (Fsp3) is 0.520. The van der Waals surface area contributed by atoms with Crippen molar-refractivity contribution in [2.24, 2.45) is 18.9 Å². The molecule has 7 rings (SSSR count). The first-order valence-electron chi connectivity index (χ1n) is 12.8. The molecular weight excluding hydrogens is 442 g/mol. The lowest BCUT2D eigenvalue weighted by molar-refractivity contribution is 0.386. The Balaban J connectivity index is 1.31. The number of pyridine rings is 1. The van der Waals surface area contributed by atoms with Crippen molar-refractivity contribution in [3.05, 3.63) is 41.1 Å². The van der Waals surface area contributed by atoms with E-state index in [4.69, 9.17) is 10.8 Å². The number of nitrogen functional groups attached to an aromatic ring is 1. The largest absolute Gasteiger partial charge is 0.382 e. The molecule has 10 nitrogen and oxygen atoms in total. The first kappa shape index (κ1) is 20.8. The van der Waals surface area contributed by atoms with E-state index in [1.54, 1.807) is 0 Å². The maximum Gasteiger partial charge on any atom is 0.264 e. The van der Waals surface area contributed by atoms with Gasteiger partial charge < -0.3 is 15.2 Å². The normalized spacial score (nSPS) is 20.5. The highest BCUT2D eigenvalue weighted by molar-refractivity contribution is 5.97. The Morgan fingerprint density at radius 2 is 2.00 bits per heavy atom. The Morgan fingerprint density at radius 1 is 1.20 bits per heavy atom. The standard InChI is InChI=1S/C25H31N9O/c1-31-20(33-11-2-4-17(33)13-32-10-3-9-27-32)12-19(30-31)18-14-34(23(15-5-6-15)16-7-8-16)25(35)21-22(18)28-29-24(21)26/h3,9-10,12,14-17,23H,2,4-8,11,13H2,1H3,(H3,26,28,29)/t17-/m1/s1. The van der Waals surface area contributed by atoms with E-state index in [0.29, 0.717) is 28.8 Å². The van der Waals surface area contributed by atoms with Crippen LogP contribution in [0, 0.1) is 11.8 Å². The second-order valence-corrected chi connectivity index (χ2v) is 10.5. The van der Waals surface area contributed by atoms with Crippen molar-refractivity contribution >= 4 is 22.5 Å². The van der Waals surface area contributed by atoms with E-state index < -0.39 is 0 Å². The summed E-state index contributed by atoms with van der Waals surface area (Å²) in [6.45, 7) is 1.84. The van der Waals surface area contributed by atoms with Crippen molar-refractivity contribution in [3.63, 3.8) is 0 Å². The first-order valence-corrected chi connectivity index (χ1v) is 12.8. The molecule has 0 aromatic carbocycles. The number of aryl methyl sites for hydroxylation is 1. The van der Waals surface area contributed by atoms with Gasteiger partial charge in [-0.25, -0.2) is 0 Å². The van der Waals surface area contributed by atoms with E-state index in [0.717, 1.165) is 43.0 Å². The molecule has 0 spiro atoms. The molecule has 0 amide bonds. The SMILES string of the molecule is Cn1nc(-c2cn(C(C3CC3)C3CC3)c(=O)c3c(N)n[nH]c23)cc1N1CCC[C@@H]1Cn1cccn1. The van der Waals surface area contributed by atoms with Crippen molar-refractivity contribution in [1.82, 2.24) is 34.3 Å². The number of hydrogen-bond donors (Lipinski definition) is 2. The lowest BCUT2D eigenvalue weighted by Crippen LogP contribution is -2.34. The van der Waals surface area contributed by atoms with Crippen LogP contribution in [0.15, 0.2) is 35.5 Å². The number of aromatic nitrogens is 7. The van der Waals surface area contributed by atoms with Crippen molar-refractivity contribution in [1.29, 1.82) is 0 Å². The monoisotopic (exact) mass is 473 g/mol. The molecule has 3 fully saturated rings. The van der Waals surface area contributed by atoms with Gasteiger partial charge in [0.1, 0.15) is 11.2 Å². The van der Waals surface area contributed by atoms with Gasteiger partial charge in [0.25, 0.3) is 5.56 Å². The smallest absolute Gasteiger partial charge is 0.264 e. The number of fused-ring (bicyclic) bond motifs is 1. The van der Waals surface area contributed by atoms with Crippen molar-refractivity contribution < 1.29 is 0 Å². The molecule has 0 bridgehead atoms. The number of hydrogen-bond acceptors (Lipinski definition) is 6. The number of rotatable bonds is 7. The van der Waals surface area contributed by atoms with Crippen LogP contribution in [0.5, 0.6) is 0 Å². The number of H-pyrrole nitrogens is 1. The number of nitrogens with two attached hydrogens (primary N) is 1. The van der Waals surface area contributed by atoms with Gasteiger partial charge in [-0.1, -0.05) is 0 Å². The average Bonchev–Trinajstić information content (AvgIpc) is 3.65. The maximum atomic E-state index is 13.6. The Kier molecular flexibility index (Phi) is 4.59. The van der Waals surface area contributed by atoms with Crippen LogP contribution < -0.4 is 16.2 Å². The van der Waals surface area contributed by atoms with Crippen LogP contribution in [0.2, 0.25) is 0 Å². The molecule has 3 N–H and O–H groups in total. The summed E-state index contributed by atoms with van der Waals surface area (Å²) in [5.74, 6) is 2.52. The van der Waals surface area contributed by atoms with Gasteiger partial charge in [0.15, 0.2) is 5.82 Å². The minimum atomic E-state index is -0.0335. The molecule has 182 valence electrons. The number of anilines is 2. The molecule has 1 aliphatic heterocycles. The van der Waals surface area contributed by atoms with Gasteiger partial charge in [-0.2, -0.15) is 15.3 Å². The zero-order valence-electron chi connectivity index (χ0n) is 20.0. The molecule has 1 saturated heterocycles. The molecule has 4 aromatic heterocycles. The molecule has 2 saturated carbocycles. The highest BCUT2D eigenvalue weighted by atomic mass is 16.1. The van der Waals surface area contributed by atoms with Gasteiger partial charge in [0.05, 0.1) is 23.8 Å². The van der Waals surface area contributed by atoms with Crippen molar-refractivity contribution in [2.45, 2.75) is 57.2 Å². The fourth-order valence-electron chi connectivity index (χ4n) is 6.10. The van der Waals surface area contributed by atoms with Gasteiger partial charge in [0, 0.05) is 49.9 Å². The zero-order chi connectivity index (χ0) is 23.7. The van der Waals surface area contributed by atoms with E-state index >= 15 is 0 Å². The van der Waals surface area contributed by atoms with Crippen molar-refractivity contribution in [2.75, 3.05) is 17.2 Å². The maximum absolute atomic E-state index is 13.6. The van der Waals surface area contributed by atoms with Crippen molar-refractivity contribution in [3.8, 4) is 11.3 Å². The van der Waals surface area contributed by atoms with Crippen LogP contribution in [0.4, 0.5) is 11.6 Å². The molecule has 3 aliphatic rings. The van der Waals surface area contributed by atoms with Crippen LogP contribution in [0.25, 0.3) is 22.2 Å². The lowest BCUT2D eigenvalue weighted by atomic mass is 10.0. The summed E-state index contributed by atoms with van der Waals surface area (Å²) in [5.41, 5.74) is 8.56. The number of nitrogens with one attached hydrogen (secondary N) is 1. The van der Waals surface area contributed by atoms with Crippen LogP contribution in [0.3, 0.4) is 0 Å². The van der Waals surface area contributed by atoms with Gasteiger partial charge >= 0.3 is 0 Å². The predicted molar refractivity (Wildman–Crippen MR) is 134 cm³/mol. The molecule has 1 atom stereocenters. The molecule has 0 radical (unpaired) electrons. The fourth-order valence-corrected chi connectivity index (χ4v) is 6.10. The summed E-state index contributed by atoms with van der Waals surface area (Å²) < 4.78 is 5.92. The van der Waals surface area contributed by atoms with Gasteiger partial charge in [-0.3, -0.25) is 19.3 Å². The minimum Gasteiger partial charge on any atom is -0.382 e. The van der Waals surface area contributed by atoms with Gasteiger partial charge in [-0.05, 0) is 56.4 Å².